The summed E-state index contributed by atoms with van der Waals surface area (Å²) in [6.07, 6.45) is 9.10. The molecule has 0 aliphatic heterocycles. The molecule has 0 saturated carbocycles. The van der Waals surface area contributed by atoms with Crippen molar-refractivity contribution in [1.82, 2.24) is 0 Å². The van der Waals surface area contributed by atoms with Crippen molar-refractivity contribution in [3.8, 4) is 39.4 Å². The first-order valence-corrected chi connectivity index (χ1v) is 30.5. The van der Waals surface area contributed by atoms with Crippen molar-refractivity contribution in [2.75, 3.05) is 9.80 Å². The molecule has 10 aromatic rings. The van der Waals surface area contributed by atoms with Gasteiger partial charge in [0.2, 0.25) is 0 Å². The molecule has 13 rings (SSSR count). The van der Waals surface area contributed by atoms with Crippen molar-refractivity contribution in [2.24, 2.45) is 0 Å². The zero-order valence-corrected chi connectivity index (χ0v) is 52.2. The van der Waals surface area contributed by atoms with Crippen molar-refractivity contribution in [3.63, 3.8) is 0 Å². The number of anilines is 6. The van der Waals surface area contributed by atoms with Gasteiger partial charge in [-0.15, -0.1) is 0 Å². The summed E-state index contributed by atoms with van der Waals surface area (Å²) in [5.41, 5.74) is 30.1. The molecule has 0 N–H and O–H groups in total. The zero-order valence-electron chi connectivity index (χ0n) is 52.2. The van der Waals surface area contributed by atoms with E-state index in [9.17, 15) is 5.26 Å². The molecule has 3 aliphatic rings. The Bertz CT molecular complexity index is 4240. The van der Waals surface area contributed by atoms with Crippen LogP contribution >= 0.6 is 0 Å². The molecule has 0 unspecified atom stereocenters. The number of nitrogens with zero attached hydrogens (tertiary/aromatic N) is 4. The number of rotatable bonds is 10. The normalized spacial score (nSPS) is 14.6. The maximum Gasteiger partial charge on any atom is 0.187 e. The molecule has 0 saturated heterocycles. The van der Waals surface area contributed by atoms with Crippen molar-refractivity contribution in [3.05, 3.63) is 290 Å². The summed E-state index contributed by atoms with van der Waals surface area (Å²) in [4.78, 5) is 8.30. The van der Waals surface area contributed by atoms with Crippen molar-refractivity contribution in [2.45, 2.75) is 110 Å². The Morgan fingerprint density at radius 1 is 0.345 bits per heavy atom. The van der Waals surface area contributed by atoms with Crippen LogP contribution in [0, 0.1) is 17.9 Å². The van der Waals surface area contributed by atoms with Crippen LogP contribution in [0.15, 0.2) is 206 Å². The number of hydrogen-bond donors (Lipinski definition) is 0. The molecular formula is C83H74N4. The van der Waals surface area contributed by atoms with Crippen LogP contribution in [0.1, 0.15) is 155 Å². The maximum atomic E-state index is 9.63. The van der Waals surface area contributed by atoms with Crippen molar-refractivity contribution in [1.29, 1.82) is 5.26 Å². The SMILES string of the molecule is [C-]#[N+]c1ccc(N(c2ccc(C(C)(C)C)cc2)c2ccc3c(c2)C(C)(C)c2cc(/C=C/c4ccc5c(c4)C(C)(C)c4cc(/C=C/c6ccc7c(c6)C(C)(C)c6cc(N(c8ccc(C#N)cc8)c8ccc(C(C)(C)C)cc8)ccc6-7)ccc4-5)ccc2-3)cc1. The van der Waals surface area contributed by atoms with Gasteiger partial charge in [0, 0.05) is 50.4 Å². The van der Waals surface area contributed by atoms with Gasteiger partial charge in [-0.2, -0.15) is 5.26 Å². The van der Waals surface area contributed by atoms with Crippen molar-refractivity contribution >= 4 is 64.1 Å². The number of fused-ring (bicyclic) bond motifs is 9. The fraction of sp³-hybridized carbons (Fsp3) is 0.205. The Morgan fingerprint density at radius 2 is 0.598 bits per heavy atom. The molecule has 426 valence electrons. The van der Waals surface area contributed by atoms with E-state index in [1.165, 1.54) is 100 Å². The molecular weight excluding hydrogens is 1050 g/mol. The Kier molecular flexibility index (Phi) is 13.5. The van der Waals surface area contributed by atoms with Gasteiger partial charge in [0.25, 0.3) is 0 Å². The highest BCUT2D eigenvalue weighted by Crippen LogP contribution is 2.54. The van der Waals surface area contributed by atoms with Gasteiger partial charge in [0.15, 0.2) is 5.69 Å². The molecule has 0 atom stereocenters. The highest BCUT2D eigenvalue weighted by molar-refractivity contribution is 5.90. The summed E-state index contributed by atoms with van der Waals surface area (Å²) in [6.45, 7) is 35.2. The molecule has 87 heavy (non-hydrogen) atoms. The van der Waals surface area contributed by atoms with Crippen LogP contribution in [-0.2, 0) is 27.1 Å². The van der Waals surface area contributed by atoms with Gasteiger partial charge < -0.3 is 9.80 Å². The Hall–Kier alpha value is -9.74. The lowest BCUT2D eigenvalue weighted by molar-refractivity contribution is 0.590. The van der Waals surface area contributed by atoms with Crippen molar-refractivity contribution < 1.29 is 0 Å². The van der Waals surface area contributed by atoms with Gasteiger partial charge in [0.05, 0.1) is 18.2 Å². The second-order valence-electron chi connectivity index (χ2n) is 27.8. The first kappa shape index (κ1) is 56.4. The predicted octanol–water partition coefficient (Wildman–Crippen LogP) is 22.9. The molecule has 0 aromatic heterocycles. The van der Waals surface area contributed by atoms with E-state index in [2.05, 4.69) is 298 Å². The van der Waals surface area contributed by atoms with E-state index in [1.807, 2.05) is 36.4 Å². The summed E-state index contributed by atoms with van der Waals surface area (Å²) in [7, 11) is 0. The van der Waals surface area contributed by atoms with Crippen LogP contribution in [0.3, 0.4) is 0 Å². The third-order valence-corrected chi connectivity index (χ3v) is 19.0. The van der Waals surface area contributed by atoms with Gasteiger partial charge in [0.1, 0.15) is 0 Å². The van der Waals surface area contributed by atoms with Crippen LogP contribution in [-0.4, -0.2) is 0 Å². The number of hydrogen-bond acceptors (Lipinski definition) is 3. The summed E-state index contributed by atoms with van der Waals surface area (Å²) in [5, 5.41) is 9.63. The van der Waals surface area contributed by atoms with Gasteiger partial charge in [-0.1, -0.05) is 229 Å². The van der Waals surface area contributed by atoms with E-state index in [4.69, 9.17) is 6.57 Å². The van der Waals surface area contributed by atoms with E-state index in [0.29, 0.717) is 11.3 Å². The van der Waals surface area contributed by atoms with E-state index in [1.54, 1.807) is 0 Å². The summed E-state index contributed by atoms with van der Waals surface area (Å²) < 4.78 is 0. The van der Waals surface area contributed by atoms with E-state index in [0.717, 1.165) is 34.1 Å². The molecule has 0 spiro atoms. The van der Waals surface area contributed by atoms with Crippen LogP contribution in [0.5, 0.6) is 0 Å². The largest absolute Gasteiger partial charge is 0.311 e. The van der Waals surface area contributed by atoms with Crippen LogP contribution < -0.4 is 9.80 Å². The van der Waals surface area contributed by atoms with Crippen LogP contribution in [0.25, 0.3) is 62.5 Å². The number of benzene rings is 10. The molecule has 3 aliphatic carbocycles. The molecule has 0 radical (unpaired) electrons. The lowest BCUT2D eigenvalue weighted by Crippen LogP contribution is -2.17. The topological polar surface area (TPSA) is 34.6 Å². The molecule has 0 amide bonds. The molecule has 0 bridgehead atoms. The average molecular weight is 1130 g/mol. The summed E-state index contributed by atoms with van der Waals surface area (Å²) in [5.74, 6) is 0. The van der Waals surface area contributed by atoms with Gasteiger partial charge >= 0.3 is 0 Å². The average Bonchev–Trinajstić information content (AvgIpc) is 1.63. The van der Waals surface area contributed by atoms with Crippen LogP contribution in [0.4, 0.5) is 39.8 Å². The fourth-order valence-corrected chi connectivity index (χ4v) is 13.8. The second-order valence-corrected chi connectivity index (χ2v) is 27.8. The molecule has 0 fully saturated rings. The summed E-state index contributed by atoms with van der Waals surface area (Å²) >= 11 is 0. The quantitative estimate of drug-likeness (QED) is 0.101. The van der Waals surface area contributed by atoms with Gasteiger partial charge in [-0.05, 0) is 196 Å². The molecule has 0 heterocycles. The zero-order chi connectivity index (χ0) is 61.0. The van der Waals surface area contributed by atoms with E-state index in [-0.39, 0.29) is 27.1 Å². The standard InChI is InChI=1S/C83H74N4/c1-79(2,3)58-24-32-62(33-25-58)86(61-30-18-57(52-84)19-31-61)65-38-44-71-69-42-22-55(48-75(69)82(9,10)77(71)50-65)16-14-53-20-40-67-68-41-21-54(47-74(68)81(7,8)73(67)46-53)15-17-56-23-43-70-72-45-39-66(51-78(72)83(11,12)76(70)49-56)87(64-36-28-60(85-13)29-37-64)63-34-26-59(27-35-63)80(4,5)6/h14-51H,1-12H3/b16-14+,17-15+. The highest BCUT2D eigenvalue weighted by Gasteiger charge is 2.39. The lowest BCUT2D eigenvalue weighted by atomic mass is 9.81. The third-order valence-electron chi connectivity index (χ3n) is 19.0. The monoisotopic (exact) mass is 1130 g/mol. The second kappa shape index (κ2) is 20.8. The molecule has 4 heteroatoms. The molecule has 4 nitrogen and oxygen atoms in total. The minimum absolute atomic E-state index is 0.0440. The minimum atomic E-state index is -0.231. The van der Waals surface area contributed by atoms with E-state index >= 15 is 0 Å². The Morgan fingerprint density at radius 3 is 0.874 bits per heavy atom. The number of nitriles is 1. The lowest BCUT2D eigenvalue weighted by Gasteiger charge is -2.29. The molecule has 10 aromatic carbocycles. The van der Waals surface area contributed by atoms with E-state index < -0.39 is 0 Å². The maximum absolute atomic E-state index is 9.63. The fourth-order valence-electron chi connectivity index (χ4n) is 13.8. The Labute approximate surface area is 515 Å². The summed E-state index contributed by atoms with van der Waals surface area (Å²) in [6, 6.07) is 77.7. The third kappa shape index (κ3) is 9.88. The van der Waals surface area contributed by atoms with Crippen LogP contribution in [0.2, 0.25) is 0 Å². The predicted molar refractivity (Wildman–Crippen MR) is 368 cm³/mol. The highest BCUT2D eigenvalue weighted by atomic mass is 15.1. The first-order valence-electron chi connectivity index (χ1n) is 30.5. The van der Waals surface area contributed by atoms with Gasteiger partial charge in [-0.3, -0.25) is 0 Å². The Balaban J connectivity index is 0.726. The smallest absolute Gasteiger partial charge is 0.187 e. The first-order chi connectivity index (χ1) is 41.5. The van der Waals surface area contributed by atoms with Gasteiger partial charge in [-0.25, -0.2) is 4.85 Å². The minimum Gasteiger partial charge on any atom is -0.311 e.